The van der Waals surface area contributed by atoms with E-state index >= 15 is 0 Å². The average Bonchev–Trinajstić information content (AvgIpc) is 2.99. The lowest BCUT2D eigenvalue weighted by atomic mass is 9.68. The summed E-state index contributed by atoms with van der Waals surface area (Å²) in [5.74, 6) is 1.23. The number of carbonyl (C=O) groups is 1. The minimum absolute atomic E-state index is 0.103. The number of fused-ring (bicyclic) bond motifs is 2. The van der Waals surface area contributed by atoms with E-state index in [0.29, 0.717) is 24.5 Å². The van der Waals surface area contributed by atoms with Crippen LogP contribution in [-0.4, -0.2) is 18.6 Å². The Labute approximate surface area is 213 Å². The molecule has 5 rings (SSSR count). The van der Waals surface area contributed by atoms with E-state index in [1.54, 1.807) is 7.11 Å². The van der Waals surface area contributed by atoms with Crippen molar-refractivity contribution in [1.82, 2.24) is 0 Å². The first-order chi connectivity index (χ1) is 17.2. The van der Waals surface area contributed by atoms with Gasteiger partial charge in [0.1, 0.15) is 12.4 Å². The molecular formula is C31H34N2O3. The fourth-order valence-corrected chi connectivity index (χ4v) is 5.34. The summed E-state index contributed by atoms with van der Waals surface area (Å²) in [6, 6.07) is 20.1. The molecule has 1 aliphatic heterocycles. The quantitative estimate of drug-likeness (QED) is 0.420. The number of hydrogen-bond acceptors (Lipinski definition) is 5. The van der Waals surface area contributed by atoms with Gasteiger partial charge < -0.3 is 14.8 Å². The van der Waals surface area contributed by atoms with Gasteiger partial charge in [0.2, 0.25) is 0 Å². The Morgan fingerprint density at radius 1 is 0.972 bits per heavy atom. The molecule has 186 valence electrons. The first kappa shape index (κ1) is 24.1. The summed E-state index contributed by atoms with van der Waals surface area (Å²) in [7, 11) is 1.65. The third-order valence-electron chi connectivity index (χ3n) is 7.32. The van der Waals surface area contributed by atoms with Gasteiger partial charge in [-0.2, -0.15) is 0 Å². The predicted octanol–water partition coefficient (Wildman–Crippen LogP) is 7.14. The predicted molar refractivity (Wildman–Crippen MR) is 145 cm³/mol. The molecule has 0 radical (unpaired) electrons. The van der Waals surface area contributed by atoms with E-state index in [0.717, 1.165) is 34.6 Å². The largest absolute Gasteiger partial charge is 0.493 e. The number of nitrogens with one attached hydrogen (secondary N) is 1. The second-order valence-electron chi connectivity index (χ2n) is 10.8. The van der Waals surface area contributed by atoms with Gasteiger partial charge in [0.05, 0.1) is 30.4 Å². The lowest BCUT2D eigenvalue weighted by Crippen LogP contribution is -2.42. The monoisotopic (exact) mass is 482 g/mol. The van der Waals surface area contributed by atoms with E-state index in [4.69, 9.17) is 14.5 Å². The van der Waals surface area contributed by atoms with Gasteiger partial charge in [-0.25, -0.2) is 0 Å². The Morgan fingerprint density at radius 2 is 1.72 bits per heavy atom. The molecule has 36 heavy (non-hydrogen) atoms. The highest BCUT2D eigenvalue weighted by Crippen LogP contribution is 2.46. The number of anilines is 1. The van der Waals surface area contributed by atoms with Gasteiger partial charge in [0.15, 0.2) is 11.5 Å². The van der Waals surface area contributed by atoms with Gasteiger partial charge in [0.25, 0.3) is 0 Å². The van der Waals surface area contributed by atoms with Crippen LogP contribution in [0.4, 0.5) is 11.4 Å². The molecule has 5 heteroatoms. The Morgan fingerprint density at radius 3 is 2.47 bits per heavy atom. The number of ketones is 1. The van der Waals surface area contributed by atoms with Crippen molar-refractivity contribution in [3.63, 3.8) is 0 Å². The van der Waals surface area contributed by atoms with E-state index < -0.39 is 0 Å². The molecule has 0 unspecified atom stereocenters. The average molecular weight is 483 g/mol. The first-order valence-electron chi connectivity index (χ1n) is 12.6. The van der Waals surface area contributed by atoms with Crippen LogP contribution in [-0.2, 0) is 11.4 Å². The van der Waals surface area contributed by atoms with Crippen molar-refractivity contribution in [3.05, 3.63) is 82.9 Å². The van der Waals surface area contributed by atoms with Crippen molar-refractivity contribution in [2.24, 2.45) is 16.3 Å². The normalized spacial score (nSPS) is 20.4. The van der Waals surface area contributed by atoms with Gasteiger partial charge in [-0.05, 0) is 72.2 Å². The number of methoxy groups -OCH3 is 1. The number of benzene rings is 3. The van der Waals surface area contributed by atoms with Crippen LogP contribution in [0.5, 0.6) is 11.5 Å². The summed E-state index contributed by atoms with van der Waals surface area (Å²) < 4.78 is 11.8. The molecule has 1 fully saturated rings. The van der Waals surface area contributed by atoms with Gasteiger partial charge in [-0.1, -0.05) is 50.2 Å². The van der Waals surface area contributed by atoms with Crippen LogP contribution in [0.2, 0.25) is 0 Å². The summed E-state index contributed by atoms with van der Waals surface area (Å²) in [6.45, 7) is 8.97. The molecule has 0 amide bonds. The van der Waals surface area contributed by atoms with E-state index in [9.17, 15) is 4.79 Å². The number of aliphatic imine (C=N–C) groups is 1. The van der Waals surface area contributed by atoms with Crippen LogP contribution in [0.25, 0.3) is 0 Å². The molecule has 1 N–H and O–H groups in total. The molecule has 0 bridgehead atoms. The molecular weight excluding hydrogens is 448 g/mol. The number of hydrogen-bond donors (Lipinski definition) is 1. The zero-order chi connectivity index (χ0) is 25.4. The number of aryl methyl sites for hydroxylation is 2. The van der Waals surface area contributed by atoms with Gasteiger partial charge >= 0.3 is 0 Å². The number of nitrogens with zero attached hydrogens (tertiary/aromatic N) is 1. The fraction of sp³-hybridized carbons (Fsp3) is 0.355. The highest BCUT2D eigenvalue weighted by Gasteiger charge is 2.44. The van der Waals surface area contributed by atoms with Crippen molar-refractivity contribution < 1.29 is 14.3 Å². The molecule has 3 aromatic rings. The zero-order valence-electron chi connectivity index (χ0n) is 21.7. The van der Waals surface area contributed by atoms with E-state index in [1.807, 2.05) is 48.5 Å². The highest BCUT2D eigenvalue weighted by molar-refractivity contribution is 6.10. The smallest absolute Gasteiger partial charge is 0.161 e. The topological polar surface area (TPSA) is 59.9 Å². The lowest BCUT2D eigenvalue weighted by Gasteiger charge is -2.37. The molecule has 0 spiro atoms. The number of carbonyl (C=O) groups excluding carboxylic acids is 1. The van der Waals surface area contributed by atoms with E-state index in [-0.39, 0.29) is 23.2 Å². The Bertz CT molecular complexity index is 1330. The summed E-state index contributed by atoms with van der Waals surface area (Å²) in [6.07, 6.45) is 1.34. The van der Waals surface area contributed by atoms with Crippen molar-refractivity contribution in [2.45, 2.75) is 53.2 Å². The maximum atomic E-state index is 13.6. The molecule has 0 aromatic heterocycles. The van der Waals surface area contributed by atoms with Gasteiger partial charge in [0, 0.05) is 12.1 Å². The van der Waals surface area contributed by atoms with Crippen LogP contribution in [0.1, 0.15) is 55.0 Å². The minimum atomic E-state index is -0.327. The van der Waals surface area contributed by atoms with Gasteiger partial charge in [-0.3, -0.25) is 9.79 Å². The van der Waals surface area contributed by atoms with Crippen molar-refractivity contribution in [3.8, 4) is 11.5 Å². The van der Waals surface area contributed by atoms with Crippen LogP contribution in [0.3, 0.4) is 0 Å². The number of ether oxygens (including phenoxy) is 2. The second kappa shape index (κ2) is 9.45. The van der Waals surface area contributed by atoms with Gasteiger partial charge in [-0.15, -0.1) is 0 Å². The summed E-state index contributed by atoms with van der Waals surface area (Å²) in [5.41, 5.74) is 7.17. The second-order valence-corrected chi connectivity index (χ2v) is 10.8. The van der Waals surface area contributed by atoms with Crippen LogP contribution in [0, 0.1) is 25.2 Å². The third-order valence-corrected chi connectivity index (χ3v) is 7.32. The molecule has 1 saturated carbocycles. The summed E-state index contributed by atoms with van der Waals surface area (Å²) in [4.78, 5) is 18.7. The lowest BCUT2D eigenvalue weighted by molar-refractivity contribution is -0.124. The minimum Gasteiger partial charge on any atom is -0.493 e. The summed E-state index contributed by atoms with van der Waals surface area (Å²) in [5, 5.41) is 3.70. The fourth-order valence-electron chi connectivity index (χ4n) is 5.34. The molecule has 2 atom stereocenters. The van der Waals surface area contributed by atoms with Crippen molar-refractivity contribution >= 4 is 22.9 Å². The standard InChI is InChI=1S/C31H34N2O3/c1-19-13-23-24(14-20(19)2)33-30(29-25(32-23)16-31(3,4)17-26(29)34)22-11-12-27(28(15-22)35-5)36-18-21-9-7-6-8-10-21/h6-15,29-30,33H,16-18H2,1-5H3/t29-,30+/m0/s1. The first-order valence-corrected chi connectivity index (χ1v) is 12.6. The van der Waals surface area contributed by atoms with E-state index in [2.05, 4.69) is 45.1 Å². The molecule has 1 heterocycles. The van der Waals surface area contributed by atoms with Crippen LogP contribution < -0.4 is 14.8 Å². The maximum absolute atomic E-state index is 13.6. The van der Waals surface area contributed by atoms with E-state index in [1.165, 1.54) is 11.1 Å². The maximum Gasteiger partial charge on any atom is 0.161 e. The number of rotatable bonds is 5. The number of Topliss-reactive ketones (excluding diaryl/α,β-unsaturated/α-hetero) is 1. The molecule has 5 nitrogen and oxygen atoms in total. The molecule has 3 aromatic carbocycles. The highest BCUT2D eigenvalue weighted by atomic mass is 16.5. The Balaban J connectivity index is 1.53. The molecule has 1 aliphatic carbocycles. The zero-order valence-corrected chi connectivity index (χ0v) is 21.7. The van der Waals surface area contributed by atoms with Crippen molar-refractivity contribution in [1.29, 1.82) is 0 Å². The Kier molecular flexibility index (Phi) is 6.33. The Hall–Kier alpha value is -3.60. The SMILES string of the molecule is COc1cc([C@H]2Nc3cc(C)c(C)cc3N=C3CC(C)(C)CC(=O)[C@H]32)ccc1OCc1ccccc1. The van der Waals surface area contributed by atoms with Crippen LogP contribution >= 0.6 is 0 Å². The molecule has 2 aliphatic rings. The van der Waals surface area contributed by atoms with Crippen molar-refractivity contribution in [2.75, 3.05) is 12.4 Å². The molecule has 0 saturated heterocycles. The van der Waals surface area contributed by atoms with Crippen LogP contribution in [0.15, 0.2) is 65.7 Å². The summed E-state index contributed by atoms with van der Waals surface area (Å²) >= 11 is 0. The third kappa shape index (κ3) is 4.75.